The van der Waals surface area contributed by atoms with Crippen molar-refractivity contribution in [2.75, 3.05) is 31.6 Å². The first-order chi connectivity index (χ1) is 19.6. The maximum absolute atomic E-state index is 14.1. The Morgan fingerprint density at radius 2 is 1.71 bits per heavy atom. The Morgan fingerprint density at radius 1 is 0.976 bits per heavy atom. The van der Waals surface area contributed by atoms with E-state index in [-0.39, 0.29) is 28.8 Å². The minimum atomic E-state index is -4.24. The molecule has 0 saturated carbocycles. The molecular weight excluding hydrogens is 610 g/mol. The molecule has 1 atom stereocenters. The number of hydrogen-bond donors (Lipinski definition) is 1. The topological polar surface area (TPSA) is 105 Å². The molecule has 3 aromatic rings. The minimum Gasteiger partial charge on any atom is -0.497 e. The number of benzene rings is 3. The lowest BCUT2D eigenvalue weighted by molar-refractivity contribution is -0.139. The smallest absolute Gasteiger partial charge is 0.264 e. The SMILES string of the molecule is CCCCNC(=O)C(C)N(Cc1cccc(Br)c1)C(=O)CN(c1cc(OC)ccc1OC)S(=O)(=O)c1ccccc1. The third kappa shape index (κ3) is 8.23. The molecule has 0 bridgehead atoms. The van der Waals surface area contributed by atoms with Crippen LogP contribution in [0.15, 0.2) is 82.2 Å². The van der Waals surface area contributed by atoms with Crippen molar-refractivity contribution in [3.8, 4) is 11.5 Å². The van der Waals surface area contributed by atoms with Gasteiger partial charge in [0.2, 0.25) is 11.8 Å². The Bertz CT molecular complexity index is 1440. The van der Waals surface area contributed by atoms with Crippen LogP contribution in [0.5, 0.6) is 11.5 Å². The van der Waals surface area contributed by atoms with Crippen LogP contribution in [0.25, 0.3) is 0 Å². The molecule has 0 aliphatic rings. The molecule has 3 aromatic carbocycles. The van der Waals surface area contributed by atoms with Crippen LogP contribution in [0.1, 0.15) is 32.3 Å². The van der Waals surface area contributed by atoms with Crippen LogP contribution in [0, 0.1) is 0 Å². The highest BCUT2D eigenvalue weighted by Gasteiger charge is 2.34. The number of amides is 2. The summed E-state index contributed by atoms with van der Waals surface area (Å²) in [5.41, 5.74) is 0.906. The lowest BCUT2D eigenvalue weighted by Crippen LogP contribution is -2.51. The van der Waals surface area contributed by atoms with Gasteiger partial charge in [-0.05, 0) is 55.3 Å². The average molecular weight is 647 g/mol. The van der Waals surface area contributed by atoms with Gasteiger partial charge in [0.15, 0.2) is 0 Å². The van der Waals surface area contributed by atoms with E-state index in [4.69, 9.17) is 9.47 Å². The van der Waals surface area contributed by atoms with Gasteiger partial charge >= 0.3 is 0 Å². The highest BCUT2D eigenvalue weighted by atomic mass is 79.9. The van der Waals surface area contributed by atoms with Gasteiger partial charge in [-0.3, -0.25) is 13.9 Å². The summed E-state index contributed by atoms with van der Waals surface area (Å²) in [5, 5.41) is 2.88. The maximum Gasteiger partial charge on any atom is 0.264 e. The molecule has 0 aliphatic heterocycles. The number of carbonyl (C=O) groups excluding carboxylic acids is 2. The van der Waals surface area contributed by atoms with E-state index in [2.05, 4.69) is 21.2 Å². The van der Waals surface area contributed by atoms with Gasteiger partial charge in [-0.25, -0.2) is 8.42 Å². The van der Waals surface area contributed by atoms with Gasteiger partial charge in [0.05, 0.1) is 24.8 Å². The fourth-order valence-electron chi connectivity index (χ4n) is 4.18. The standard InChI is InChI=1S/C30H36BrN3O6S/c1-5-6-17-32-30(36)22(2)33(20-23-11-10-12-24(31)18-23)29(35)21-34(41(37,38)26-13-8-7-9-14-26)27-19-25(39-3)15-16-28(27)40-4/h7-16,18-19,22H,5-6,17,20-21H2,1-4H3,(H,32,36). The molecule has 0 fully saturated rings. The molecule has 41 heavy (non-hydrogen) atoms. The van der Waals surface area contributed by atoms with Gasteiger partial charge in [0.1, 0.15) is 24.1 Å². The largest absolute Gasteiger partial charge is 0.497 e. The van der Waals surface area contributed by atoms with Crippen LogP contribution in [0.3, 0.4) is 0 Å². The molecule has 0 saturated heterocycles. The Morgan fingerprint density at radius 3 is 2.34 bits per heavy atom. The van der Waals surface area contributed by atoms with E-state index in [1.54, 1.807) is 37.3 Å². The number of hydrogen-bond acceptors (Lipinski definition) is 6. The highest BCUT2D eigenvalue weighted by molar-refractivity contribution is 9.10. The van der Waals surface area contributed by atoms with Gasteiger partial charge in [-0.1, -0.05) is 59.6 Å². The van der Waals surface area contributed by atoms with E-state index in [1.165, 1.54) is 37.3 Å². The van der Waals surface area contributed by atoms with Crippen molar-refractivity contribution >= 4 is 43.5 Å². The summed E-state index contributed by atoms with van der Waals surface area (Å²) in [5.74, 6) is -0.260. The van der Waals surface area contributed by atoms with Gasteiger partial charge in [0.25, 0.3) is 10.0 Å². The van der Waals surface area contributed by atoms with Crippen molar-refractivity contribution in [3.05, 3.63) is 82.8 Å². The van der Waals surface area contributed by atoms with Crippen LogP contribution in [-0.2, 0) is 26.2 Å². The van der Waals surface area contributed by atoms with Crippen LogP contribution >= 0.6 is 15.9 Å². The molecule has 1 N–H and O–H groups in total. The second kappa shape index (κ2) is 14.9. The predicted octanol–water partition coefficient (Wildman–Crippen LogP) is 5.00. The first-order valence-corrected chi connectivity index (χ1v) is 15.5. The molecule has 2 amide bonds. The van der Waals surface area contributed by atoms with Crippen LogP contribution in [0.2, 0.25) is 0 Å². The molecule has 0 aromatic heterocycles. The summed E-state index contributed by atoms with van der Waals surface area (Å²) in [4.78, 5) is 28.6. The molecule has 1 unspecified atom stereocenters. The Kier molecular flexibility index (Phi) is 11.6. The lowest BCUT2D eigenvalue weighted by atomic mass is 10.1. The fraction of sp³-hybridized carbons (Fsp3) is 0.333. The zero-order valence-electron chi connectivity index (χ0n) is 23.7. The predicted molar refractivity (Wildman–Crippen MR) is 163 cm³/mol. The summed E-state index contributed by atoms with van der Waals surface area (Å²) in [6, 6.07) is 19.1. The van der Waals surface area contributed by atoms with Gasteiger partial charge in [0, 0.05) is 23.6 Å². The molecule has 0 spiro atoms. The number of anilines is 1. The second-order valence-electron chi connectivity index (χ2n) is 9.33. The third-order valence-corrected chi connectivity index (χ3v) is 8.77. The third-order valence-electron chi connectivity index (χ3n) is 6.50. The number of nitrogens with zero attached hydrogens (tertiary/aromatic N) is 2. The number of halogens is 1. The quantitative estimate of drug-likeness (QED) is 0.248. The summed E-state index contributed by atoms with van der Waals surface area (Å²) < 4.78 is 40.7. The van der Waals surface area contributed by atoms with E-state index >= 15 is 0 Å². The van der Waals surface area contributed by atoms with Gasteiger partial charge < -0.3 is 19.7 Å². The van der Waals surface area contributed by atoms with E-state index in [0.717, 1.165) is 27.2 Å². The Balaban J connectivity index is 2.08. The molecule has 11 heteroatoms. The van der Waals surface area contributed by atoms with Crippen molar-refractivity contribution in [1.82, 2.24) is 10.2 Å². The number of unbranched alkanes of at least 4 members (excludes halogenated alkanes) is 1. The molecule has 3 rings (SSSR count). The zero-order chi connectivity index (χ0) is 30.0. The van der Waals surface area contributed by atoms with E-state index in [1.807, 2.05) is 31.2 Å². The van der Waals surface area contributed by atoms with E-state index in [9.17, 15) is 18.0 Å². The summed E-state index contributed by atoms with van der Waals surface area (Å²) >= 11 is 3.45. The minimum absolute atomic E-state index is 0.00145. The Hall–Kier alpha value is -3.57. The first-order valence-electron chi connectivity index (χ1n) is 13.2. The van der Waals surface area contributed by atoms with Gasteiger partial charge in [-0.2, -0.15) is 0 Å². The number of rotatable bonds is 14. The number of sulfonamides is 1. The number of methoxy groups -OCH3 is 2. The molecule has 220 valence electrons. The van der Waals surface area contributed by atoms with Crippen molar-refractivity contribution < 1.29 is 27.5 Å². The Labute approximate surface area is 250 Å². The van der Waals surface area contributed by atoms with Crippen molar-refractivity contribution in [3.63, 3.8) is 0 Å². The van der Waals surface area contributed by atoms with Crippen LogP contribution in [-0.4, -0.2) is 58.5 Å². The monoisotopic (exact) mass is 645 g/mol. The van der Waals surface area contributed by atoms with Crippen molar-refractivity contribution in [2.24, 2.45) is 0 Å². The number of ether oxygens (including phenoxy) is 2. The second-order valence-corrected chi connectivity index (χ2v) is 12.1. The first kappa shape index (κ1) is 32.0. The highest BCUT2D eigenvalue weighted by Crippen LogP contribution is 2.36. The number of nitrogens with one attached hydrogen (secondary N) is 1. The van der Waals surface area contributed by atoms with Gasteiger partial charge in [-0.15, -0.1) is 0 Å². The lowest BCUT2D eigenvalue weighted by Gasteiger charge is -2.32. The van der Waals surface area contributed by atoms with Crippen molar-refractivity contribution in [1.29, 1.82) is 0 Å². The molecule has 9 nitrogen and oxygen atoms in total. The average Bonchev–Trinajstić information content (AvgIpc) is 2.98. The fourth-order valence-corrected chi connectivity index (χ4v) is 6.06. The summed E-state index contributed by atoms with van der Waals surface area (Å²) in [7, 11) is -1.36. The summed E-state index contributed by atoms with van der Waals surface area (Å²) in [6.07, 6.45) is 1.71. The van der Waals surface area contributed by atoms with E-state index in [0.29, 0.717) is 12.3 Å². The molecular formula is C30H36BrN3O6S. The maximum atomic E-state index is 14.1. The van der Waals surface area contributed by atoms with Crippen LogP contribution < -0.4 is 19.1 Å². The summed E-state index contributed by atoms with van der Waals surface area (Å²) in [6.45, 7) is 3.65. The molecule has 0 heterocycles. The van der Waals surface area contributed by atoms with Crippen molar-refractivity contribution in [2.45, 2.75) is 44.2 Å². The molecule has 0 radical (unpaired) electrons. The zero-order valence-corrected chi connectivity index (χ0v) is 26.1. The molecule has 0 aliphatic carbocycles. The normalized spacial score (nSPS) is 11.8. The number of carbonyl (C=O) groups is 2. The van der Waals surface area contributed by atoms with E-state index < -0.39 is 28.5 Å². The van der Waals surface area contributed by atoms with Crippen LogP contribution in [0.4, 0.5) is 5.69 Å².